The van der Waals surface area contributed by atoms with Crippen molar-refractivity contribution in [1.29, 1.82) is 0 Å². The fourth-order valence-electron chi connectivity index (χ4n) is 3.50. The first-order valence-electron chi connectivity index (χ1n) is 10.7. The summed E-state index contributed by atoms with van der Waals surface area (Å²) in [4.78, 5) is 46.3. The van der Waals surface area contributed by atoms with Gasteiger partial charge in [0.1, 0.15) is 0 Å². The highest BCUT2D eigenvalue weighted by molar-refractivity contribution is 7.98. The molecule has 2 N–H and O–H groups in total. The first-order chi connectivity index (χ1) is 17.0. The second kappa shape index (κ2) is 9.50. The molecule has 2 aromatic carbocycles. The van der Waals surface area contributed by atoms with Gasteiger partial charge in [-0.3, -0.25) is 24.4 Å². The first-order valence-corrected chi connectivity index (χ1v) is 11.6. The van der Waals surface area contributed by atoms with Gasteiger partial charge in [0.25, 0.3) is 11.8 Å². The predicted molar refractivity (Wildman–Crippen MR) is 125 cm³/mol. The Morgan fingerprint density at radius 3 is 2.71 bits per heavy atom. The summed E-state index contributed by atoms with van der Waals surface area (Å²) in [6.45, 7) is 0. The van der Waals surface area contributed by atoms with Gasteiger partial charge < -0.3 is 9.84 Å². The van der Waals surface area contributed by atoms with Gasteiger partial charge in [0.15, 0.2) is 11.6 Å². The van der Waals surface area contributed by atoms with Crippen molar-refractivity contribution < 1.29 is 18.9 Å². The molecule has 0 saturated carbocycles. The van der Waals surface area contributed by atoms with Crippen LogP contribution in [0.15, 0.2) is 58.2 Å². The molecule has 1 aliphatic heterocycles. The Morgan fingerprint density at radius 1 is 1.09 bits per heavy atom. The number of amides is 3. The molecule has 0 unspecified atom stereocenters. The minimum absolute atomic E-state index is 0.111. The third-order valence-electron chi connectivity index (χ3n) is 5.29. The molecule has 11 nitrogen and oxygen atoms in total. The lowest BCUT2D eigenvalue weighted by Crippen LogP contribution is -2.24. The highest BCUT2D eigenvalue weighted by Crippen LogP contribution is 2.25. The maximum atomic E-state index is 12.3. The number of carbonyl (C=O) groups is 3. The van der Waals surface area contributed by atoms with E-state index in [4.69, 9.17) is 4.52 Å². The van der Waals surface area contributed by atoms with Crippen molar-refractivity contribution in [1.82, 2.24) is 30.2 Å². The lowest BCUT2D eigenvalue weighted by Gasteiger charge is -2.05. The fraction of sp³-hybridized carbons (Fsp3) is 0.174. The third-order valence-corrected chi connectivity index (χ3v) is 6.14. The monoisotopic (exact) mass is 489 g/mol. The van der Waals surface area contributed by atoms with Crippen molar-refractivity contribution in [2.75, 3.05) is 12.4 Å². The lowest BCUT2D eigenvalue weighted by molar-refractivity contribution is -0.116. The van der Waals surface area contributed by atoms with Crippen LogP contribution in [0.2, 0.25) is 0 Å². The van der Waals surface area contributed by atoms with Gasteiger partial charge in [-0.1, -0.05) is 47.3 Å². The zero-order chi connectivity index (χ0) is 24.4. The van der Waals surface area contributed by atoms with E-state index in [1.165, 1.54) is 30.9 Å². The van der Waals surface area contributed by atoms with Crippen molar-refractivity contribution in [3.63, 3.8) is 0 Å². The Bertz CT molecular complexity index is 1420. The van der Waals surface area contributed by atoms with Crippen molar-refractivity contribution in [2.24, 2.45) is 0 Å². The maximum absolute atomic E-state index is 12.3. The molecule has 3 heterocycles. The standard InChI is InChI=1S/C23H19N7O4S/c1-30-21(32)15-8-7-14(11-16(15)22(30)33)24-18(31)9-10-19-25-17(29-34-19)12-35-23-26-20(27-28-23)13-5-3-2-4-6-13/h2-8,11H,9-10,12H2,1H3,(H,24,31)(H,26,27,28). The molecule has 0 aliphatic carbocycles. The van der Waals surface area contributed by atoms with E-state index in [1.807, 2.05) is 30.3 Å². The van der Waals surface area contributed by atoms with Crippen LogP contribution in [0.1, 0.15) is 38.9 Å². The van der Waals surface area contributed by atoms with Crippen LogP contribution in [0.25, 0.3) is 11.4 Å². The molecule has 0 radical (unpaired) electrons. The quantitative estimate of drug-likeness (QED) is 0.282. The van der Waals surface area contributed by atoms with E-state index in [0.29, 0.717) is 39.7 Å². The molecule has 3 amide bonds. The van der Waals surface area contributed by atoms with Gasteiger partial charge >= 0.3 is 0 Å². The summed E-state index contributed by atoms with van der Waals surface area (Å²) in [5.74, 6) is 0.886. The molecule has 12 heteroatoms. The second-order valence-corrected chi connectivity index (χ2v) is 8.65. The average molecular weight is 490 g/mol. The largest absolute Gasteiger partial charge is 0.339 e. The van der Waals surface area contributed by atoms with E-state index in [2.05, 4.69) is 30.6 Å². The number of hydrogen-bond acceptors (Lipinski definition) is 9. The van der Waals surface area contributed by atoms with Crippen LogP contribution in [0, 0.1) is 0 Å². The van der Waals surface area contributed by atoms with Gasteiger partial charge in [0, 0.05) is 31.1 Å². The van der Waals surface area contributed by atoms with E-state index in [9.17, 15) is 14.4 Å². The molecule has 0 fully saturated rings. The molecule has 5 rings (SSSR count). The van der Waals surface area contributed by atoms with E-state index in [1.54, 1.807) is 6.07 Å². The molecule has 4 aromatic rings. The van der Waals surface area contributed by atoms with E-state index in [0.717, 1.165) is 10.5 Å². The number of anilines is 1. The smallest absolute Gasteiger partial charge is 0.261 e. The van der Waals surface area contributed by atoms with Crippen molar-refractivity contribution >= 4 is 35.2 Å². The molecule has 0 atom stereocenters. The third kappa shape index (κ3) is 4.82. The van der Waals surface area contributed by atoms with Crippen LogP contribution < -0.4 is 5.32 Å². The summed E-state index contributed by atoms with van der Waals surface area (Å²) < 4.78 is 5.24. The fourth-order valence-corrected chi connectivity index (χ4v) is 4.14. The van der Waals surface area contributed by atoms with Crippen LogP contribution >= 0.6 is 11.8 Å². The number of rotatable bonds is 8. The highest BCUT2D eigenvalue weighted by atomic mass is 32.2. The minimum atomic E-state index is -0.390. The summed E-state index contributed by atoms with van der Waals surface area (Å²) in [6.07, 6.45) is 0.368. The number of carbonyl (C=O) groups excluding carboxylic acids is 3. The maximum Gasteiger partial charge on any atom is 0.261 e. The number of aromatic amines is 1. The van der Waals surface area contributed by atoms with Crippen LogP contribution in [0.3, 0.4) is 0 Å². The Kier molecular flexibility index (Phi) is 6.10. The topological polar surface area (TPSA) is 147 Å². The van der Waals surface area contributed by atoms with Crippen molar-refractivity contribution in [2.45, 2.75) is 23.8 Å². The summed E-state index contributed by atoms with van der Waals surface area (Å²) in [6, 6.07) is 14.3. The summed E-state index contributed by atoms with van der Waals surface area (Å²) in [7, 11) is 1.42. The number of aryl methyl sites for hydroxylation is 1. The van der Waals surface area contributed by atoms with Gasteiger partial charge in [0.05, 0.1) is 16.9 Å². The van der Waals surface area contributed by atoms with Crippen LogP contribution in [0.5, 0.6) is 0 Å². The molecular formula is C23H19N7O4S. The number of aromatic nitrogens is 5. The molecule has 1 aliphatic rings. The summed E-state index contributed by atoms with van der Waals surface area (Å²) >= 11 is 1.37. The first kappa shape index (κ1) is 22.5. The number of fused-ring (bicyclic) bond motifs is 1. The Morgan fingerprint density at radius 2 is 1.89 bits per heavy atom. The van der Waals surface area contributed by atoms with Crippen LogP contribution in [-0.2, 0) is 17.0 Å². The van der Waals surface area contributed by atoms with E-state index in [-0.39, 0.29) is 30.2 Å². The van der Waals surface area contributed by atoms with Crippen molar-refractivity contribution in [3.05, 3.63) is 71.4 Å². The van der Waals surface area contributed by atoms with Crippen LogP contribution in [-0.4, -0.2) is 55.0 Å². The molecule has 2 aromatic heterocycles. The number of imide groups is 1. The van der Waals surface area contributed by atoms with Gasteiger partial charge in [-0.05, 0) is 18.2 Å². The highest BCUT2D eigenvalue weighted by Gasteiger charge is 2.32. The van der Waals surface area contributed by atoms with E-state index >= 15 is 0 Å². The molecule has 176 valence electrons. The normalized spacial score (nSPS) is 12.8. The second-order valence-electron chi connectivity index (χ2n) is 7.70. The molecule has 0 saturated heterocycles. The van der Waals surface area contributed by atoms with Crippen molar-refractivity contribution in [3.8, 4) is 11.4 Å². The Balaban J connectivity index is 1.11. The number of H-pyrrole nitrogens is 1. The minimum Gasteiger partial charge on any atom is -0.339 e. The molecule has 0 bridgehead atoms. The summed E-state index contributed by atoms with van der Waals surface area (Å²) in [5.41, 5.74) is 1.98. The number of benzene rings is 2. The lowest BCUT2D eigenvalue weighted by atomic mass is 10.1. The molecular weight excluding hydrogens is 470 g/mol. The molecule has 0 spiro atoms. The number of nitrogens with zero attached hydrogens (tertiary/aromatic N) is 5. The predicted octanol–water partition coefficient (Wildman–Crippen LogP) is 2.94. The Labute approximate surface area is 203 Å². The van der Waals surface area contributed by atoms with Gasteiger partial charge in [0.2, 0.25) is 17.0 Å². The number of hydrogen-bond donors (Lipinski definition) is 2. The number of thioether (sulfide) groups is 1. The zero-order valence-corrected chi connectivity index (χ0v) is 19.3. The van der Waals surface area contributed by atoms with Gasteiger partial charge in [-0.25, -0.2) is 4.98 Å². The Hall–Kier alpha value is -4.32. The summed E-state index contributed by atoms with van der Waals surface area (Å²) in [5, 5.41) is 14.3. The van der Waals surface area contributed by atoms with E-state index < -0.39 is 5.91 Å². The number of nitrogens with one attached hydrogen (secondary N) is 2. The zero-order valence-electron chi connectivity index (χ0n) is 18.5. The SMILES string of the molecule is CN1C(=O)c2ccc(NC(=O)CCc3nc(CSc4n[nH]c(-c5ccccc5)n4)no3)cc2C1=O. The van der Waals surface area contributed by atoms with Gasteiger partial charge in [-0.2, -0.15) is 4.98 Å². The molecule has 35 heavy (non-hydrogen) atoms. The van der Waals surface area contributed by atoms with Crippen LogP contribution in [0.4, 0.5) is 5.69 Å². The van der Waals surface area contributed by atoms with Gasteiger partial charge in [-0.15, -0.1) is 5.10 Å². The average Bonchev–Trinajstić information content (AvgIpc) is 3.59.